The number of amides is 1. The van der Waals surface area contributed by atoms with Gasteiger partial charge in [-0.2, -0.15) is 0 Å². The number of anilines is 2. The first-order valence-electron chi connectivity index (χ1n) is 14.6. The second-order valence-corrected chi connectivity index (χ2v) is 11.7. The standard InChI is InChI=1S/C37H32N2O5/c1-21-15-16-30-27(17-21)22(2)18-31-37(28-13-5-6-14-29(28)38-36(37)42)32(34(40)23-9-7-11-25(19-23)43-3)33(39(30)31)35(41)24-10-8-12-26(20-24)44-4/h5-20,31-33H,1-4H3,(H,38,42)/t31-,32-,33-,37-/m0/s1. The van der Waals surface area contributed by atoms with Crippen LogP contribution in [0.5, 0.6) is 11.5 Å². The smallest absolute Gasteiger partial charge is 0.238 e. The summed E-state index contributed by atoms with van der Waals surface area (Å²) in [5.74, 6) is -0.877. The molecule has 4 aromatic rings. The molecule has 4 aromatic carbocycles. The lowest BCUT2D eigenvalue weighted by Gasteiger charge is -2.39. The first-order chi connectivity index (χ1) is 21.3. The van der Waals surface area contributed by atoms with E-state index in [9.17, 15) is 9.59 Å². The van der Waals surface area contributed by atoms with Crippen molar-refractivity contribution in [2.45, 2.75) is 31.3 Å². The molecule has 1 spiro atoms. The van der Waals surface area contributed by atoms with Gasteiger partial charge in [0.25, 0.3) is 0 Å². The number of hydrogen-bond donors (Lipinski definition) is 1. The van der Waals surface area contributed by atoms with Crippen LogP contribution in [0, 0.1) is 12.8 Å². The van der Waals surface area contributed by atoms with Gasteiger partial charge in [0.1, 0.15) is 23.0 Å². The zero-order valence-electron chi connectivity index (χ0n) is 25.0. The van der Waals surface area contributed by atoms with E-state index < -0.39 is 23.4 Å². The number of fused-ring (bicyclic) bond motifs is 6. The molecule has 220 valence electrons. The topological polar surface area (TPSA) is 84.9 Å². The van der Waals surface area contributed by atoms with Gasteiger partial charge < -0.3 is 19.7 Å². The molecule has 0 aliphatic carbocycles. The molecule has 1 fully saturated rings. The zero-order valence-corrected chi connectivity index (χ0v) is 25.0. The van der Waals surface area contributed by atoms with Crippen LogP contribution in [0.2, 0.25) is 0 Å². The van der Waals surface area contributed by atoms with Gasteiger partial charge in [-0.05, 0) is 67.4 Å². The van der Waals surface area contributed by atoms with Gasteiger partial charge in [-0.15, -0.1) is 0 Å². The van der Waals surface area contributed by atoms with Crippen molar-refractivity contribution < 1.29 is 23.9 Å². The number of rotatable bonds is 6. The fraction of sp³-hybridized carbons (Fsp3) is 0.216. The Morgan fingerprint density at radius 2 is 1.45 bits per heavy atom. The average Bonchev–Trinajstić information content (AvgIpc) is 3.52. The predicted octanol–water partition coefficient (Wildman–Crippen LogP) is 6.26. The number of nitrogens with one attached hydrogen (secondary N) is 1. The van der Waals surface area contributed by atoms with Gasteiger partial charge in [0.15, 0.2) is 11.6 Å². The third-order valence-corrected chi connectivity index (χ3v) is 9.39. The SMILES string of the molecule is COc1cccc(C(=O)[C@@H]2[C@@H](C(=O)c3cccc(OC)c3)[C@@]3(C(=O)Nc4ccccc43)[C@@H]3C=C(C)c4cc(C)ccc4N23)c1. The average molecular weight is 585 g/mol. The van der Waals surface area contributed by atoms with Crippen LogP contribution in [0.4, 0.5) is 11.4 Å². The summed E-state index contributed by atoms with van der Waals surface area (Å²) in [5, 5.41) is 3.08. The fourth-order valence-corrected chi connectivity index (χ4v) is 7.45. The maximum Gasteiger partial charge on any atom is 0.238 e. The summed E-state index contributed by atoms with van der Waals surface area (Å²) in [6.45, 7) is 4.05. The number of methoxy groups -OCH3 is 2. The van der Waals surface area contributed by atoms with E-state index in [4.69, 9.17) is 9.47 Å². The van der Waals surface area contributed by atoms with Crippen molar-refractivity contribution in [3.8, 4) is 11.5 Å². The number of carbonyl (C=O) groups is 3. The summed E-state index contributed by atoms with van der Waals surface area (Å²) in [6, 6.07) is 25.9. The lowest BCUT2D eigenvalue weighted by atomic mass is 9.64. The lowest BCUT2D eigenvalue weighted by Crippen LogP contribution is -2.51. The Morgan fingerprint density at radius 3 is 2.14 bits per heavy atom. The van der Waals surface area contributed by atoms with Gasteiger partial charge in [-0.3, -0.25) is 14.4 Å². The maximum absolute atomic E-state index is 15.0. The summed E-state index contributed by atoms with van der Waals surface area (Å²) < 4.78 is 10.9. The number of carbonyl (C=O) groups excluding carboxylic acids is 3. The van der Waals surface area contributed by atoms with E-state index in [0.29, 0.717) is 33.9 Å². The van der Waals surface area contributed by atoms with Crippen molar-refractivity contribution in [3.05, 3.63) is 125 Å². The van der Waals surface area contributed by atoms with Gasteiger partial charge in [0.05, 0.1) is 26.2 Å². The largest absolute Gasteiger partial charge is 0.497 e. The van der Waals surface area contributed by atoms with E-state index in [1.807, 2.05) is 55.1 Å². The second kappa shape index (κ2) is 10.2. The number of benzene rings is 4. The molecule has 44 heavy (non-hydrogen) atoms. The van der Waals surface area contributed by atoms with Crippen molar-refractivity contribution in [3.63, 3.8) is 0 Å². The number of ether oxygens (including phenoxy) is 2. The van der Waals surface area contributed by atoms with Crippen LogP contribution in [0.1, 0.15) is 44.3 Å². The highest BCUT2D eigenvalue weighted by Gasteiger charge is 2.70. The summed E-state index contributed by atoms with van der Waals surface area (Å²) in [7, 11) is 3.10. The minimum Gasteiger partial charge on any atom is -0.497 e. The maximum atomic E-state index is 15.0. The minimum atomic E-state index is -1.39. The van der Waals surface area contributed by atoms with Crippen LogP contribution in [0.15, 0.2) is 97.1 Å². The molecule has 0 aromatic heterocycles. The number of ketones is 2. The van der Waals surface area contributed by atoms with Gasteiger partial charge >= 0.3 is 0 Å². The molecule has 1 saturated heterocycles. The number of aryl methyl sites for hydroxylation is 1. The minimum absolute atomic E-state index is 0.260. The van der Waals surface area contributed by atoms with E-state index in [1.54, 1.807) is 62.8 Å². The van der Waals surface area contributed by atoms with Crippen LogP contribution >= 0.6 is 0 Å². The van der Waals surface area contributed by atoms with Crippen molar-refractivity contribution in [1.29, 1.82) is 0 Å². The third-order valence-electron chi connectivity index (χ3n) is 9.39. The molecule has 7 rings (SSSR count). The molecule has 1 N–H and O–H groups in total. The second-order valence-electron chi connectivity index (χ2n) is 11.7. The fourth-order valence-electron chi connectivity index (χ4n) is 7.45. The molecule has 4 atom stereocenters. The number of allylic oxidation sites excluding steroid dienone is 1. The third kappa shape index (κ3) is 3.85. The summed E-state index contributed by atoms with van der Waals surface area (Å²) in [5.41, 5.74) is 4.60. The van der Waals surface area contributed by atoms with Crippen LogP contribution < -0.4 is 19.7 Å². The molecule has 0 radical (unpaired) electrons. The van der Waals surface area contributed by atoms with Gasteiger partial charge in [-0.25, -0.2) is 0 Å². The summed E-state index contributed by atoms with van der Waals surface area (Å²) in [4.78, 5) is 46.6. The lowest BCUT2D eigenvalue weighted by molar-refractivity contribution is -0.121. The number of Topliss-reactive ketones (excluding diaryl/α,β-unsaturated/α-hetero) is 2. The quantitative estimate of drug-likeness (QED) is 0.270. The van der Waals surface area contributed by atoms with E-state index in [0.717, 1.165) is 22.4 Å². The molecule has 0 bridgehead atoms. The Hall–Kier alpha value is -5.17. The molecule has 3 heterocycles. The number of hydrogen-bond acceptors (Lipinski definition) is 6. The van der Waals surface area contributed by atoms with Crippen LogP contribution in [-0.4, -0.2) is 43.8 Å². The first kappa shape index (κ1) is 27.7. The highest BCUT2D eigenvalue weighted by Crippen LogP contribution is 2.59. The van der Waals surface area contributed by atoms with Crippen LogP contribution in [-0.2, 0) is 10.2 Å². The molecular weight excluding hydrogens is 552 g/mol. The zero-order chi connectivity index (χ0) is 30.7. The van der Waals surface area contributed by atoms with E-state index in [1.165, 1.54) is 0 Å². The highest BCUT2D eigenvalue weighted by molar-refractivity contribution is 6.18. The number of nitrogens with zero attached hydrogens (tertiary/aromatic N) is 1. The first-order valence-corrected chi connectivity index (χ1v) is 14.6. The van der Waals surface area contributed by atoms with Gasteiger partial charge in [-0.1, -0.05) is 60.2 Å². The molecule has 3 aliphatic rings. The molecular formula is C37H32N2O5. The van der Waals surface area contributed by atoms with Crippen molar-refractivity contribution in [2.75, 3.05) is 24.4 Å². The van der Waals surface area contributed by atoms with E-state index in [-0.39, 0.29) is 17.5 Å². The van der Waals surface area contributed by atoms with Crippen LogP contribution in [0.3, 0.4) is 0 Å². The molecule has 0 unspecified atom stereocenters. The van der Waals surface area contributed by atoms with Crippen molar-refractivity contribution in [2.24, 2.45) is 5.92 Å². The predicted molar refractivity (Wildman–Crippen MR) is 170 cm³/mol. The van der Waals surface area contributed by atoms with Gasteiger partial charge in [0, 0.05) is 28.1 Å². The molecule has 1 amide bonds. The molecule has 7 nitrogen and oxygen atoms in total. The summed E-state index contributed by atoms with van der Waals surface area (Å²) >= 11 is 0. The number of para-hydroxylation sites is 1. The normalized spacial score (nSPS) is 22.9. The van der Waals surface area contributed by atoms with E-state index >= 15 is 4.79 Å². The molecule has 0 saturated carbocycles. The Labute approximate surface area is 256 Å². The van der Waals surface area contributed by atoms with Crippen molar-refractivity contribution >= 4 is 34.4 Å². The highest BCUT2D eigenvalue weighted by atomic mass is 16.5. The summed E-state index contributed by atoms with van der Waals surface area (Å²) in [6.07, 6.45) is 2.06. The monoisotopic (exact) mass is 584 g/mol. The Bertz CT molecular complexity index is 1890. The molecule has 3 aliphatic heterocycles. The van der Waals surface area contributed by atoms with Gasteiger partial charge in [0.2, 0.25) is 5.91 Å². The van der Waals surface area contributed by atoms with E-state index in [2.05, 4.69) is 17.5 Å². The van der Waals surface area contributed by atoms with Crippen LogP contribution in [0.25, 0.3) is 5.57 Å². The Kier molecular flexibility index (Phi) is 6.43. The molecule has 7 heteroatoms. The Morgan fingerprint density at radius 1 is 0.795 bits per heavy atom. The van der Waals surface area contributed by atoms with Crippen molar-refractivity contribution in [1.82, 2.24) is 0 Å². The Balaban J connectivity index is 1.55.